The summed E-state index contributed by atoms with van der Waals surface area (Å²) in [5, 5.41) is 2.94. The van der Waals surface area contributed by atoms with Gasteiger partial charge < -0.3 is 5.32 Å². The fraction of sp³-hybridized carbons (Fsp3) is 0.500. The normalized spacial score (nSPS) is 12.5. The molecule has 1 unspecified atom stereocenters. The molecule has 0 aliphatic heterocycles. The Morgan fingerprint density at radius 2 is 1.88 bits per heavy atom. The van der Waals surface area contributed by atoms with E-state index in [9.17, 15) is 4.79 Å². The Labute approximate surface area is 112 Å². The van der Waals surface area contributed by atoms with Crippen molar-refractivity contribution in [2.45, 2.75) is 32.0 Å². The lowest BCUT2D eigenvalue weighted by Gasteiger charge is -2.14. The molecule has 0 fully saturated rings. The summed E-state index contributed by atoms with van der Waals surface area (Å²) in [6.45, 7) is 6.99. The largest absolute Gasteiger partial charge is 0.355 e. The molecule has 0 bridgehead atoms. The van der Waals surface area contributed by atoms with Crippen molar-refractivity contribution >= 4 is 21.8 Å². The Bertz CT molecular complexity index is 359. The number of hydrogen-bond donors (Lipinski definition) is 1. The van der Waals surface area contributed by atoms with Crippen LogP contribution in [0.3, 0.4) is 0 Å². The van der Waals surface area contributed by atoms with Crippen molar-refractivity contribution in [3.63, 3.8) is 0 Å². The summed E-state index contributed by atoms with van der Waals surface area (Å²) < 4.78 is 0. The van der Waals surface area contributed by atoms with Crippen LogP contribution in [0.4, 0.5) is 0 Å². The molecular formula is C14H20BrNO. The fourth-order valence-electron chi connectivity index (χ4n) is 1.40. The highest BCUT2D eigenvalue weighted by Gasteiger charge is 2.10. The Morgan fingerprint density at radius 1 is 1.29 bits per heavy atom. The zero-order valence-corrected chi connectivity index (χ0v) is 12.3. The standard InChI is InChI=1S/C14H20BrNO/c1-10(2)13(15)9-16-14(17)8-12-6-4-11(3)5-7-12/h4-7,10,13H,8-9H2,1-3H3,(H,16,17). The van der Waals surface area contributed by atoms with Gasteiger partial charge in [-0.1, -0.05) is 59.6 Å². The fourth-order valence-corrected chi connectivity index (χ4v) is 1.56. The van der Waals surface area contributed by atoms with E-state index in [1.165, 1.54) is 5.56 Å². The summed E-state index contributed by atoms with van der Waals surface area (Å²) >= 11 is 3.55. The summed E-state index contributed by atoms with van der Waals surface area (Å²) in [5.41, 5.74) is 2.28. The molecule has 0 aliphatic carbocycles. The van der Waals surface area contributed by atoms with E-state index in [0.29, 0.717) is 23.7 Å². The van der Waals surface area contributed by atoms with Gasteiger partial charge in [0.05, 0.1) is 6.42 Å². The molecule has 1 N–H and O–H groups in total. The smallest absolute Gasteiger partial charge is 0.224 e. The van der Waals surface area contributed by atoms with Gasteiger partial charge >= 0.3 is 0 Å². The summed E-state index contributed by atoms with van der Waals surface area (Å²) in [5.74, 6) is 0.605. The number of nitrogens with one attached hydrogen (secondary N) is 1. The molecule has 1 aromatic rings. The van der Waals surface area contributed by atoms with Crippen LogP contribution < -0.4 is 5.32 Å². The van der Waals surface area contributed by atoms with Crippen LogP contribution in [0.1, 0.15) is 25.0 Å². The third-order valence-corrected chi connectivity index (χ3v) is 4.08. The second kappa shape index (κ2) is 6.80. The van der Waals surface area contributed by atoms with Gasteiger partial charge in [-0.15, -0.1) is 0 Å². The van der Waals surface area contributed by atoms with Crippen LogP contribution in [0.5, 0.6) is 0 Å². The first-order valence-electron chi connectivity index (χ1n) is 5.95. The Kier molecular flexibility index (Phi) is 5.69. The molecule has 2 nitrogen and oxygen atoms in total. The van der Waals surface area contributed by atoms with Crippen molar-refractivity contribution in [3.05, 3.63) is 35.4 Å². The number of carbonyl (C=O) groups is 1. The van der Waals surface area contributed by atoms with Crippen molar-refractivity contribution in [1.29, 1.82) is 0 Å². The SMILES string of the molecule is Cc1ccc(CC(=O)NCC(Br)C(C)C)cc1. The van der Waals surface area contributed by atoms with E-state index < -0.39 is 0 Å². The third-order valence-electron chi connectivity index (χ3n) is 2.70. The van der Waals surface area contributed by atoms with Crippen molar-refractivity contribution in [3.8, 4) is 0 Å². The number of benzene rings is 1. The lowest BCUT2D eigenvalue weighted by Crippen LogP contribution is -2.32. The summed E-state index contributed by atoms with van der Waals surface area (Å²) in [6.07, 6.45) is 0.456. The van der Waals surface area contributed by atoms with Gasteiger partial charge in [0, 0.05) is 11.4 Å². The lowest BCUT2D eigenvalue weighted by atomic mass is 10.1. The molecule has 1 amide bonds. The molecule has 0 radical (unpaired) electrons. The van der Waals surface area contributed by atoms with Gasteiger partial charge in [0.25, 0.3) is 0 Å². The van der Waals surface area contributed by atoms with E-state index in [1.54, 1.807) is 0 Å². The number of aryl methyl sites for hydroxylation is 1. The molecule has 94 valence electrons. The minimum absolute atomic E-state index is 0.0824. The van der Waals surface area contributed by atoms with Gasteiger partial charge in [0.15, 0.2) is 0 Å². The predicted molar refractivity (Wildman–Crippen MR) is 75.4 cm³/mol. The summed E-state index contributed by atoms with van der Waals surface area (Å²) in [7, 11) is 0. The Balaban J connectivity index is 2.37. The highest BCUT2D eigenvalue weighted by molar-refractivity contribution is 9.09. The van der Waals surface area contributed by atoms with Crippen LogP contribution in [0.25, 0.3) is 0 Å². The number of alkyl halides is 1. The van der Waals surface area contributed by atoms with E-state index in [-0.39, 0.29) is 5.91 Å². The van der Waals surface area contributed by atoms with E-state index >= 15 is 0 Å². The van der Waals surface area contributed by atoms with Gasteiger partial charge in [-0.25, -0.2) is 0 Å². The average Bonchev–Trinajstić information content (AvgIpc) is 2.29. The number of hydrogen-bond acceptors (Lipinski definition) is 1. The van der Waals surface area contributed by atoms with Crippen LogP contribution in [0.15, 0.2) is 24.3 Å². The van der Waals surface area contributed by atoms with E-state index in [1.807, 2.05) is 31.2 Å². The van der Waals surface area contributed by atoms with Crippen molar-refractivity contribution in [2.24, 2.45) is 5.92 Å². The molecule has 0 saturated carbocycles. The van der Waals surface area contributed by atoms with Crippen LogP contribution in [-0.4, -0.2) is 17.3 Å². The topological polar surface area (TPSA) is 29.1 Å². The van der Waals surface area contributed by atoms with Gasteiger partial charge in [-0.3, -0.25) is 4.79 Å². The maximum Gasteiger partial charge on any atom is 0.224 e. The lowest BCUT2D eigenvalue weighted by molar-refractivity contribution is -0.120. The molecule has 1 rings (SSSR count). The van der Waals surface area contributed by atoms with Gasteiger partial charge in [0.1, 0.15) is 0 Å². The van der Waals surface area contributed by atoms with Crippen LogP contribution >= 0.6 is 15.9 Å². The zero-order chi connectivity index (χ0) is 12.8. The molecule has 0 spiro atoms. The quantitative estimate of drug-likeness (QED) is 0.832. The van der Waals surface area contributed by atoms with E-state index in [0.717, 1.165) is 5.56 Å². The van der Waals surface area contributed by atoms with Crippen LogP contribution in [-0.2, 0) is 11.2 Å². The minimum Gasteiger partial charge on any atom is -0.355 e. The van der Waals surface area contributed by atoms with Gasteiger partial charge in [0.2, 0.25) is 5.91 Å². The molecular weight excluding hydrogens is 278 g/mol. The monoisotopic (exact) mass is 297 g/mol. The van der Waals surface area contributed by atoms with Crippen molar-refractivity contribution < 1.29 is 4.79 Å². The molecule has 17 heavy (non-hydrogen) atoms. The summed E-state index contributed by atoms with van der Waals surface area (Å²) in [4.78, 5) is 12.0. The van der Waals surface area contributed by atoms with Crippen molar-refractivity contribution in [1.82, 2.24) is 5.32 Å². The number of rotatable bonds is 5. The molecule has 0 saturated heterocycles. The first-order chi connectivity index (χ1) is 7.99. The highest BCUT2D eigenvalue weighted by atomic mass is 79.9. The first kappa shape index (κ1) is 14.2. The molecule has 1 atom stereocenters. The van der Waals surface area contributed by atoms with E-state index in [4.69, 9.17) is 0 Å². The third kappa shape index (κ3) is 5.35. The molecule has 0 heterocycles. The minimum atomic E-state index is 0.0824. The predicted octanol–water partition coefficient (Wildman–Crippen LogP) is 3.07. The van der Waals surface area contributed by atoms with Crippen LogP contribution in [0.2, 0.25) is 0 Å². The maximum atomic E-state index is 11.7. The van der Waals surface area contributed by atoms with E-state index in [2.05, 4.69) is 35.1 Å². The Hall–Kier alpha value is -0.830. The first-order valence-corrected chi connectivity index (χ1v) is 6.87. The second-order valence-corrected chi connectivity index (χ2v) is 5.90. The zero-order valence-electron chi connectivity index (χ0n) is 10.7. The number of halogens is 1. The molecule has 0 aliphatic rings. The molecule has 1 aromatic carbocycles. The highest BCUT2D eigenvalue weighted by Crippen LogP contribution is 2.10. The maximum absolute atomic E-state index is 11.7. The number of amides is 1. The van der Waals surface area contributed by atoms with Crippen LogP contribution in [0, 0.1) is 12.8 Å². The Morgan fingerprint density at radius 3 is 2.41 bits per heavy atom. The second-order valence-electron chi connectivity index (χ2n) is 4.73. The number of carbonyl (C=O) groups excluding carboxylic acids is 1. The van der Waals surface area contributed by atoms with Crippen molar-refractivity contribution in [2.75, 3.05) is 6.54 Å². The van der Waals surface area contributed by atoms with Gasteiger partial charge in [-0.2, -0.15) is 0 Å². The summed E-state index contributed by atoms with van der Waals surface area (Å²) in [6, 6.07) is 8.07. The molecule has 3 heteroatoms. The van der Waals surface area contributed by atoms with Gasteiger partial charge in [-0.05, 0) is 18.4 Å². The molecule has 0 aromatic heterocycles. The average molecular weight is 298 g/mol.